The van der Waals surface area contributed by atoms with E-state index in [4.69, 9.17) is 4.74 Å². The molecule has 2 aromatic rings. The second kappa shape index (κ2) is 6.11. The first kappa shape index (κ1) is 13.8. The summed E-state index contributed by atoms with van der Waals surface area (Å²) in [7, 11) is 1.75. The van der Waals surface area contributed by atoms with Gasteiger partial charge in [-0.1, -0.05) is 64.5 Å². The topological polar surface area (TPSA) is 9.23 Å². The fourth-order valence-electron chi connectivity index (χ4n) is 2.88. The minimum Gasteiger partial charge on any atom is -0.384 e. The highest BCUT2D eigenvalue weighted by Gasteiger charge is 2.31. The van der Waals surface area contributed by atoms with Gasteiger partial charge in [0.15, 0.2) is 0 Å². The van der Waals surface area contributed by atoms with Crippen LogP contribution in [0.3, 0.4) is 0 Å². The molecule has 1 aliphatic rings. The van der Waals surface area contributed by atoms with Crippen LogP contribution in [0.15, 0.2) is 48.5 Å². The molecule has 0 saturated heterocycles. The number of fused-ring (bicyclic) bond motifs is 1. The Morgan fingerprint density at radius 2 is 1.90 bits per heavy atom. The maximum atomic E-state index is 5.12. The van der Waals surface area contributed by atoms with Crippen molar-refractivity contribution < 1.29 is 4.74 Å². The lowest BCUT2D eigenvalue weighted by Crippen LogP contribution is -2.20. The summed E-state index contributed by atoms with van der Waals surface area (Å²) >= 11 is 3.89. The molecule has 2 atom stereocenters. The van der Waals surface area contributed by atoms with E-state index in [0.717, 1.165) is 13.0 Å². The molecule has 0 fully saturated rings. The average molecular weight is 331 g/mol. The van der Waals surface area contributed by atoms with Crippen LogP contribution in [0.25, 0.3) is 0 Å². The number of alkyl halides is 1. The Kier molecular flexibility index (Phi) is 4.23. The largest absolute Gasteiger partial charge is 0.384 e. The third kappa shape index (κ3) is 2.68. The van der Waals surface area contributed by atoms with Gasteiger partial charge in [-0.2, -0.15) is 0 Å². The summed E-state index contributed by atoms with van der Waals surface area (Å²) in [6.45, 7) is 0.785. The van der Waals surface area contributed by atoms with Crippen LogP contribution in [0.5, 0.6) is 0 Å². The minimum atomic E-state index is 0.411. The monoisotopic (exact) mass is 330 g/mol. The molecule has 2 aromatic carbocycles. The number of methoxy groups -OCH3 is 1. The molecule has 0 aromatic heterocycles. The van der Waals surface area contributed by atoms with Crippen LogP contribution >= 0.6 is 15.9 Å². The molecule has 0 N–H and O–H groups in total. The van der Waals surface area contributed by atoms with Gasteiger partial charge in [-0.25, -0.2) is 0 Å². The van der Waals surface area contributed by atoms with E-state index in [1.807, 2.05) is 0 Å². The normalized spacial score (nSPS) is 18.2. The molecule has 0 bridgehead atoms. The van der Waals surface area contributed by atoms with Gasteiger partial charge in [-0.15, -0.1) is 0 Å². The highest BCUT2D eigenvalue weighted by molar-refractivity contribution is 9.09. The summed E-state index contributed by atoms with van der Waals surface area (Å²) in [6, 6.07) is 17.7. The van der Waals surface area contributed by atoms with Crippen LogP contribution in [0.1, 0.15) is 33.0 Å². The third-order valence-corrected chi connectivity index (χ3v) is 5.31. The Balaban J connectivity index is 1.71. The van der Waals surface area contributed by atoms with Crippen molar-refractivity contribution in [3.63, 3.8) is 0 Å². The summed E-state index contributed by atoms with van der Waals surface area (Å²) in [4.78, 5) is 0.411. The van der Waals surface area contributed by atoms with Crippen LogP contribution in [0, 0.1) is 0 Å². The zero-order valence-electron chi connectivity index (χ0n) is 11.7. The number of benzene rings is 2. The zero-order valence-corrected chi connectivity index (χ0v) is 13.3. The van der Waals surface area contributed by atoms with Gasteiger partial charge >= 0.3 is 0 Å². The average Bonchev–Trinajstić information content (AvgIpc) is 2.47. The first-order valence-corrected chi connectivity index (χ1v) is 8.01. The van der Waals surface area contributed by atoms with E-state index in [1.54, 1.807) is 7.11 Å². The fraction of sp³-hybridized carbons (Fsp3) is 0.333. The molecule has 2 unspecified atom stereocenters. The van der Waals surface area contributed by atoms with Gasteiger partial charge in [0.2, 0.25) is 0 Å². The van der Waals surface area contributed by atoms with Crippen LogP contribution in [0.4, 0.5) is 0 Å². The van der Waals surface area contributed by atoms with Crippen molar-refractivity contribution in [2.45, 2.75) is 23.6 Å². The van der Waals surface area contributed by atoms with Crippen molar-refractivity contribution in [2.75, 3.05) is 13.7 Å². The van der Waals surface area contributed by atoms with E-state index >= 15 is 0 Å². The molecule has 0 saturated carbocycles. The predicted octanol–water partition coefficient (Wildman–Crippen LogP) is 4.65. The number of hydrogen-bond acceptors (Lipinski definition) is 1. The SMILES string of the molecule is COCCc1ccc(C(Br)C2Cc3ccccc32)cc1. The molecule has 3 rings (SSSR count). The van der Waals surface area contributed by atoms with Crippen molar-refractivity contribution in [3.05, 3.63) is 70.8 Å². The zero-order chi connectivity index (χ0) is 13.9. The van der Waals surface area contributed by atoms with Gasteiger partial charge in [0.1, 0.15) is 0 Å². The quantitative estimate of drug-likeness (QED) is 0.725. The summed E-state index contributed by atoms with van der Waals surface area (Å²) in [6.07, 6.45) is 2.16. The molecule has 0 amide bonds. The second-order valence-electron chi connectivity index (χ2n) is 5.40. The lowest BCUT2D eigenvalue weighted by molar-refractivity contribution is 0.202. The Bertz CT molecular complexity index is 576. The molecule has 0 aliphatic heterocycles. The Labute approximate surface area is 129 Å². The molecule has 1 nitrogen and oxygen atoms in total. The van der Waals surface area contributed by atoms with E-state index in [9.17, 15) is 0 Å². The molecule has 0 spiro atoms. The summed E-state index contributed by atoms with van der Waals surface area (Å²) in [5, 5.41) is 0. The summed E-state index contributed by atoms with van der Waals surface area (Å²) in [5.74, 6) is 0.607. The predicted molar refractivity (Wildman–Crippen MR) is 86.6 cm³/mol. The van der Waals surface area contributed by atoms with Gasteiger partial charge in [0, 0.05) is 17.9 Å². The molecular weight excluding hydrogens is 312 g/mol. The number of hydrogen-bond donors (Lipinski definition) is 0. The van der Waals surface area contributed by atoms with E-state index in [-0.39, 0.29) is 0 Å². The van der Waals surface area contributed by atoms with Crippen LogP contribution < -0.4 is 0 Å². The molecule has 1 aliphatic carbocycles. The smallest absolute Gasteiger partial charge is 0.0502 e. The summed E-state index contributed by atoms with van der Waals surface area (Å²) in [5.41, 5.74) is 5.70. The van der Waals surface area contributed by atoms with Gasteiger partial charge in [0.05, 0.1) is 6.61 Å². The van der Waals surface area contributed by atoms with Gasteiger partial charge in [-0.05, 0) is 35.1 Å². The Hall–Kier alpha value is -1.12. The number of ether oxygens (including phenoxy) is 1. The molecule has 0 heterocycles. The van der Waals surface area contributed by atoms with E-state index in [0.29, 0.717) is 10.7 Å². The van der Waals surface area contributed by atoms with Crippen molar-refractivity contribution in [2.24, 2.45) is 0 Å². The van der Waals surface area contributed by atoms with E-state index in [1.165, 1.54) is 28.7 Å². The second-order valence-corrected chi connectivity index (χ2v) is 6.38. The molecule has 2 heteroatoms. The molecule has 20 heavy (non-hydrogen) atoms. The van der Waals surface area contributed by atoms with Crippen molar-refractivity contribution >= 4 is 15.9 Å². The highest BCUT2D eigenvalue weighted by atomic mass is 79.9. The lowest BCUT2D eigenvalue weighted by atomic mass is 9.74. The maximum absolute atomic E-state index is 5.12. The van der Waals surface area contributed by atoms with Crippen molar-refractivity contribution in [1.82, 2.24) is 0 Å². The van der Waals surface area contributed by atoms with Crippen molar-refractivity contribution in [1.29, 1.82) is 0 Å². The molecular formula is C18H19BrO. The first-order chi connectivity index (χ1) is 9.79. The van der Waals surface area contributed by atoms with Gasteiger partial charge < -0.3 is 4.74 Å². The van der Waals surface area contributed by atoms with Gasteiger partial charge in [0.25, 0.3) is 0 Å². The fourth-order valence-corrected chi connectivity index (χ4v) is 3.66. The highest BCUT2D eigenvalue weighted by Crippen LogP contribution is 2.47. The first-order valence-electron chi connectivity index (χ1n) is 7.09. The van der Waals surface area contributed by atoms with Crippen molar-refractivity contribution in [3.8, 4) is 0 Å². The lowest BCUT2D eigenvalue weighted by Gasteiger charge is -2.34. The van der Waals surface area contributed by atoms with Crippen LogP contribution in [-0.4, -0.2) is 13.7 Å². The standard InChI is InChI=1S/C18H19BrO/c1-20-11-10-13-6-8-14(9-7-13)18(19)17-12-15-4-2-3-5-16(15)17/h2-9,17-18H,10-12H2,1H3. The number of rotatable bonds is 5. The van der Waals surface area contributed by atoms with E-state index in [2.05, 4.69) is 64.5 Å². The summed E-state index contributed by atoms with van der Waals surface area (Å²) < 4.78 is 5.12. The maximum Gasteiger partial charge on any atom is 0.0502 e. The van der Waals surface area contributed by atoms with Crippen LogP contribution in [0.2, 0.25) is 0 Å². The minimum absolute atomic E-state index is 0.411. The molecule has 104 valence electrons. The molecule has 0 radical (unpaired) electrons. The Morgan fingerprint density at radius 3 is 2.60 bits per heavy atom. The number of halogens is 1. The van der Waals surface area contributed by atoms with Crippen LogP contribution in [-0.2, 0) is 17.6 Å². The van der Waals surface area contributed by atoms with Gasteiger partial charge in [-0.3, -0.25) is 0 Å². The Morgan fingerprint density at radius 1 is 1.15 bits per heavy atom. The third-order valence-electron chi connectivity index (χ3n) is 4.14. The van der Waals surface area contributed by atoms with E-state index < -0.39 is 0 Å².